The number of alkyl carbamates (subject to hydrolysis) is 1. The third-order valence-electron chi connectivity index (χ3n) is 1.19. The first-order chi connectivity index (χ1) is 6.59. The third kappa shape index (κ3) is 4.75. The molecular formula is C6H7F6NO2. The van der Waals surface area contributed by atoms with E-state index in [0.29, 0.717) is 5.32 Å². The summed E-state index contributed by atoms with van der Waals surface area (Å²) in [6, 6.07) is -3.91. The molecule has 15 heavy (non-hydrogen) atoms. The molecule has 0 fully saturated rings. The second-order valence-corrected chi connectivity index (χ2v) is 2.38. The molecule has 0 aromatic rings. The van der Waals surface area contributed by atoms with Gasteiger partial charge in [0.15, 0.2) is 0 Å². The average molecular weight is 239 g/mol. The van der Waals surface area contributed by atoms with Crippen LogP contribution in [0.2, 0.25) is 0 Å². The van der Waals surface area contributed by atoms with Crippen LogP contribution < -0.4 is 5.32 Å². The number of amides is 1. The van der Waals surface area contributed by atoms with Crippen LogP contribution in [-0.2, 0) is 4.74 Å². The van der Waals surface area contributed by atoms with E-state index in [4.69, 9.17) is 0 Å². The quantitative estimate of drug-likeness (QED) is 0.750. The zero-order chi connectivity index (χ0) is 12.3. The predicted molar refractivity (Wildman–Crippen MR) is 36.1 cm³/mol. The summed E-state index contributed by atoms with van der Waals surface area (Å²) < 4.78 is 74.9. The number of rotatable bonds is 2. The van der Waals surface area contributed by atoms with Crippen LogP contribution in [0.25, 0.3) is 0 Å². The van der Waals surface area contributed by atoms with Crippen LogP contribution in [0.4, 0.5) is 31.1 Å². The van der Waals surface area contributed by atoms with Crippen molar-refractivity contribution >= 4 is 6.09 Å². The molecule has 0 aromatic heterocycles. The minimum Gasteiger partial charge on any atom is -0.450 e. The number of alkyl halides is 6. The lowest BCUT2D eigenvalue weighted by atomic mass is 10.3. The predicted octanol–water partition coefficient (Wildman–Crippen LogP) is 2.23. The minimum absolute atomic E-state index is 0.325. The Labute approximate surface area is 80.4 Å². The smallest absolute Gasteiger partial charge is 0.417 e. The summed E-state index contributed by atoms with van der Waals surface area (Å²) >= 11 is 0. The summed E-state index contributed by atoms with van der Waals surface area (Å²) in [5.74, 6) is 0. The van der Waals surface area contributed by atoms with Crippen molar-refractivity contribution in [1.82, 2.24) is 5.32 Å². The van der Waals surface area contributed by atoms with Gasteiger partial charge in [-0.3, -0.25) is 0 Å². The van der Waals surface area contributed by atoms with Gasteiger partial charge in [-0.15, -0.1) is 0 Å². The maximum absolute atomic E-state index is 11.8. The van der Waals surface area contributed by atoms with Crippen molar-refractivity contribution in [2.45, 2.75) is 25.3 Å². The first-order valence-electron chi connectivity index (χ1n) is 3.65. The van der Waals surface area contributed by atoms with Gasteiger partial charge in [-0.2, -0.15) is 26.3 Å². The summed E-state index contributed by atoms with van der Waals surface area (Å²) in [4.78, 5) is 10.4. The number of nitrogens with one attached hydrogen (secondary N) is 1. The summed E-state index contributed by atoms with van der Waals surface area (Å²) in [6.45, 7) is 0.921. The van der Waals surface area contributed by atoms with Crippen molar-refractivity contribution < 1.29 is 35.9 Å². The van der Waals surface area contributed by atoms with E-state index in [2.05, 4.69) is 4.74 Å². The van der Waals surface area contributed by atoms with E-state index in [1.165, 1.54) is 6.92 Å². The lowest BCUT2D eigenvalue weighted by molar-refractivity contribution is -0.256. The third-order valence-corrected chi connectivity index (χ3v) is 1.19. The zero-order valence-corrected chi connectivity index (χ0v) is 7.37. The maximum Gasteiger partial charge on any atom is 0.417 e. The van der Waals surface area contributed by atoms with Gasteiger partial charge in [0.1, 0.15) is 0 Å². The van der Waals surface area contributed by atoms with Crippen molar-refractivity contribution in [1.29, 1.82) is 0 Å². The molecule has 0 aliphatic heterocycles. The highest BCUT2D eigenvalue weighted by Crippen LogP contribution is 2.33. The first-order valence-corrected chi connectivity index (χ1v) is 3.65. The maximum atomic E-state index is 11.8. The van der Waals surface area contributed by atoms with Gasteiger partial charge in [-0.05, 0) is 6.92 Å². The molecule has 1 amide bonds. The second-order valence-electron chi connectivity index (χ2n) is 2.38. The molecule has 0 atom stereocenters. The molecule has 0 saturated heterocycles. The van der Waals surface area contributed by atoms with Crippen LogP contribution >= 0.6 is 0 Å². The molecule has 0 spiro atoms. The van der Waals surface area contributed by atoms with Gasteiger partial charge in [0.2, 0.25) is 6.04 Å². The molecule has 9 heteroatoms. The van der Waals surface area contributed by atoms with Crippen LogP contribution in [-0.4, -0.2) is 31.1 Å². The Balaban J connectivity index is 4.62. The van der Waals surface area contributed by atoms with E-state index in [0.717, 1.165) is 0 Å². The van der Waals surface area contributed by atoms with Crippen molar-refractivity contribution in [3.63, 3.8) is 0 Å². The Hall–Kier alpha value is -1.15. The molecule has 1 N–H and O–H groups in total. The van der Waals surface area contributed by atoms with E-state index < -0.39 is 24.5 Å². The number of halogens is 6. The Morgan fingerprint density at radius 1 is 1.20 bits per heavy atom. The summed E-state index contributed by atoms with van der Waals surface area (Å²) in [6.07, 6.45) is -13.0. The molecule has 0 rings (SSSR count). The van der Waals surface area contributed by atoms with Crippen LogP contribution in [0.5, 0.6) is 0 Å². The number of carbonyl (C=O) groups excluding carboxylic acids is 1. The van der Waals surface area contributed by atoms with E-state index >= 15 is 0 Å². The highest BCUT2D eigenvalue weighted by molar-refractivity contribution is 5.67. The Bertz CT molecular complexity index is 209. The fraction of sp³-hybridized carbons (Fsp3) is 0.833. The van der Waals surface area contributed by atoms with Crippen molar-refractivity contribution in [3.8, 4) is 0 Å². The highest BCUT2D eigenvalue weighted by atomic mass is 19.4. The number of ether oxygens (including phenoxy) is 1. The topological polar surface area (TPSA) is 38.3 Å². The average Bonchev–Trinajstić information content (AvgIpc) is 1.96. The molecule has 0 unspecified atom stereocenters. The van der Waals surface area contributed by atoms with Gasteiger partial charge in [-0.25, -0.2) is 4.79 Å². The Kier molecular flexibility index (Phi) is 4.23. The van der Waals surface area contributed by atoms with Gasteiger partial charge in [0.25, 0.3) is 0 Å². The normalized spacial score (nSPS) is 12.8. The number of hydrogen-bond donors (Lipinski definition) is 1. The van der Waals surface area contributed by atoms with Gasteiger partial charge >= 0.3 is 18.4 Å². The second kappa shape index (κ2) is 4.58. The minimum atomic E-state index is -5.61. The molecule has 0 aromatic carbocycles. The van der Waals surface area contributed by atoms with Gasteiger partial charge in [0, 0.05) is 0 Å². The largest absolute Gasteiger partial charge is 0.450 e. The van der Waals surface area contributed by atoms with Crippen LogP contribution in [0.3, 0.4) is 0 Å². The lowest BCUT2D eigenvalue weighted by Gasteiger charge is -2.23. The van der Waals surface area contributed by atoms with Crippen LogP contribution in [0.15, 0.2) is 0 Å². The molecule has 0 saturated carbocycles. The lowest BCUT2D eigenvalue weighted by Crippen LogP contribution is -2.54. The Morgan fingerprint density at radius 3 is 1.87 bits per heavy atom. The van der Waals surface area contributed by atoms with Gasteiger partial charge in [-0.1, -0.05) is 0 Å². The molecule has 0 aliphatic carbocycles. The van der Waals surface area contributed by atoms with Crippen molar-refractivity contribution in [3.05, 3.63) is 0 Å². The summed E-state index contributed by atoms with van der Waals surface area (Å²) in [7, 11) is 0. The monoisotopic (exact) mass is 239 g/mol. The zero-order valence-electron chi connectivity index (χ0n) is 7.37. The fourth-order valence-corrected chi connectivity index (χ4v) is 0.640. The highest BCUT2D eigenvalue weighted by Gasteiger charge is 2.57. The molecule has 3 nitrogen and oxygen atoms in total. The van der Waals surface area contributed by atoms with E-state index in [9.17, 15) is 31.1 Å². The Morgan fingerprint density at radius 2 is 1.60 bits per heavy atom. The van der Waals surface area contributed by atoms with E-state index in [1.807, 2.05) is 0 Å². The number of hydrogen-bond acceptors (Lipinski definition) is 2. The number of carbonyl (C=O) groups is 1. The van der Waals surface area contributed by atoms with Crippen LogP contribution in [0.1, 0.15) is 6.92 Å². The summed E-state index contributed by atoms with van der Waals surface area (Å²) in [5.41, 5.74) is 0. The molecule has 0 radical (unpaired) electrons. The van der Waals surface area contributed by atoms with E-state index in [1.54, 1.807) is 0 Å². The van der Waals surface area contributed by atoms with Gasteiger partial charge in [0.05, 0.1) is 6.61 Å². The standard InChI is InChI=1S/C6H7F6NO2/c1-2-15-4(14)13-3(5(7,8)9)6(10,11)12/h3H,2H2,1H3,(H,13,14). The summed E-state index contributed by atoms with van der Waals surface area (Å²) in [5, 5.41) is 0.687. The first kappa shape index (κ1) is 13.8. The molecule has 0 bridgehead atoms. The molecule has 90 valence electrons. The molecule has 0 heterocycles. The SMILES string of the molecule is CCOC(=O)NC(C(F)(F)F)C(F)(F)F. The molecule has 0 aliphatic rings. The fourth-order valence-electron chi connectivity index (χ4n) is 0.640. The van der Waals surface area contributed by atoms with Crippen LogP contribution in [0, 0.1) is 0 Å². The van der Waals surface area contributed by atoms with Crippen molar-refractivity contribution in [2.24, 2.45) is 0 Å². The van der Waals surface area contributed by atoms with E-state index in [-0.39, 0.29) is 6.61 Å². The van der Waals surface area contributed by atoms with Crippen molar-refractivity contribution in [2.75, 3.05) is 6.61 Å². The molecular weight excluding hydrogens is 232 g/mol. The van der Waals surface area contributed by atoms with Gasteiger partial charge < -0.3 is 10.1 Å².